The summed E-state index contributed by atoms with van der Waals surface area (Å²) in [6, 6.07) is 18.6. The molecule has 0 aliphatic carbocycles. The quantitative estimate of drug-likeness (QED) is 0.259. The molecule has 0 saturated carbocycles. The van der Waals surface area contributed by atoms with Crippen molar-refractivity contribution in [2.75, 3.05) is 13.7 Å². The number of amides is 1. The maximum absolute atomic E-state index is 13.5. The van der Waals surface area contributed by atoms with Gasteiger partial charge in [0.1, 0.15) is 11.5 Å². The van der Waals surface area contributed by atoms with Crippen LogP contribution < -0.4 is 4.74 Å². The lowest BCUT2D eigenvalue weighted by Gasteiger charge is -2.22. The molecule has 0 fully saturated rings. The molecule has 0 N–H and O–H groups in total. The third-order valence-electron chi connectivity index (χ3n) is 5.61. The summed E-state index contributed by atoms with van der Waals surface area (Å²) in [6.45, 7) is 0.884. The zero-order valence-corrected chi connectivity index (χ0v) is 20.1. The molecule has 0 saturated heterocycles. The first-order valence-electron chi connectivity index (χ1n) is 10.8. The van der Waals surface area contributed by atoms with Crippen molar-refractivity contribution in [3.8, 4) is 17.0 Å². The number of rotatable bonds is 8. The van der Waals surface area contributed by atoms with Gasteiger partial charge in [0, 0.05) is 40.8 Å². The Hall–Kier alpha value is -3.55. The zero-order valence-electron chi connectivity index (χ0n) is 18.5. The number of aromatic nitrogens is 2. The second-order valence-electron chi connectivity index (χ2n) is 7.77. The average molecular weight is 492 g/mol. The van der Waals surface area contributed by atoms with Gasteiger partial charge >= 0.3 is 0 Å². The number of ether oxygens (including phenoxy) is 1. The monoisotopic (exact) mass is 491 g/mol. The summed E-state index contributed by atoms with van der Waals surface area (Å²) in [4.78, 5) is 20.9. The van der Waals surface area contributed by atoms with Crippen LogP contribution in [0.15, 0.2) is 82.9 Å². The summed E-state index contributed by atoms with van der Waals surface area (Å²) in [5.74, 6) is 1.18. The van der Waals surface area contributed by atoms with E-state index in [1.807, 2.05) is 54.7 Å². The number of carbonyl (C=O) groups is 1. The minimum Gasteiger partial charge on any atom is -0.496 e. The van der Waals surface area contributed by atoms with Crippen LogP contribution in [0.1, 0.15) is 21.8 Å². The lowest BCUT2D eigenvalue weighted by molar-refractivity contribution is 0.0729. The number of hydrogen-bond donors (Lipinski definition) is 0. The van der Waals surface area contributed by atoms with Crippen LogP contribution >= 0.6 is 22.9 Å². The van der Waals surface area contributed by atoms with Crippen molar-refractivity contribution in [3.63, 3.8) is 0 Å². The number of nitrogens with zero attached hydrogens (tertiary/aromatic N) is 3. The van der Waals surface area contributed by atoms with Gasteiger partial charge in [0.2, 0.25) is 0 Å². The summed E-state index contributed by atoms with van der Waals surface area (Å²) < 4.78 is 13.0. The van der Waals surface area contributed by atoms with Crippen LogP contribution in [0.25, 0.3) is 16.2 Å². The third-order valence-corrected chi connectivity index (χ3v) is 6.75. The number of para-hydroxylation sites is 1. The van der Waals surface area contributed by atoms with Crippen molar-refractivity contribution >= 4 is 33.8 Å². The van der Waals surface area contributed by atoms with Gasteiger partial charge in [-0.05, 0) is 36.4 Å². The van der Waals surface area contributed by atoms with Crippen LogP contribution in [0.4, 0.5) is 0 Å². The SMILES string of the molecule is COc1ccccc1C(=O)N(CCc1csc2nc(-c3ccc(Cl)cc3)cn12)Cc1ccco1. The highest BCUT2D eigenvalue weighted by Crippen LogP contribution is 2.26. The number of benzene rings is 2. The van der Waals surface area contributed by atoms with E-state index in [0.29, 0.717) is 35.8 Å². The van der Waals surface area contributed by atoms with Crippen molar-refractivity contribution in [1.29, 1.82) is 0 Å². The van der Waals surface area contributed by atoms with Gasteiger partial charge in [0.05, 0.1) is 31.2 Å². The molecule has 6 nitrogen and oxygen atoms in total. The van der Waals surface area contributed by atoms with E-state index in [1.165, 1.54) is 0 Å². The normalized spacial score (nSPS) is 11.1. The Kier molecular flexibility index (Phi) is 6.38. The first-order chi connectivity index (χ1) is 16.6. The molecule has 0 spiro atoms. The number of methoxy groups -OCH3 is 1. The van der Waals surface area contributed by atoms with E-state index < -0.39 is 0 Å². The van der Waals surface area contributed by atoms with Gasteiger partial charge in [-0.2, -0.15) is 0 Å². The van der Waals surface area contributed by atoms with Gasteiger partial charge in [0.15, 0.2) is 4.96 Å². The summed E-state index contributed by atoms with van der Waals surface area (Å²) in [5, 5.41) is 2.79. The lowest BCUT2D eigenvalue weighted by Crippen LogP contribution is -2.32. The molecule has 0 aliphatic heterocycles. The Morgan fingerprint density at radius 3 is 2.74 bits per heavy atom. The summed E-state index contributed by atoms with van der Waals surface area (Å²) >= 11 is 7.61. The van der Waals surface area contributed by atoms with Crippen molar-refractivity contribution in [1.82, 2.24) is 14.3 Å². The topological polar surface area (TPSA) is 60.0 Å². The minimum absolute atomic E-state index is 0.104. The maximum atomic E-state index is 13.5. The average Bonchev–Trinajstić information content (AvgIpc) is 3.60. The zero-order chi connectivity index (χ0) is 23.5. The molecule has 0 atom stereocenters. The summed E-state index contributed by atoms with van der Waals surface area (Å²) in [6.07, 6.45) is 4.31. The van der Waals surface area contributed by atoms with E-state index in [0.717, 1.165) is 27.7 Å². The highest BCUT2D eigenvalue weighted by atomic mass is 35.5. The maximum Gasteiger partial charge on any atom is 0.258 e. The number of furan rings is 1. The largest absolute Gasteiger partial charge is 0.496 e. The van der Waals surface area contributed by atoms with Crippen LogP contribution in [0.5, 0.6) is 5.75 Å². The van der Waals surface area contributed by atoms with Crippen molar-refractivity contribution in [2.24, 2.45) is 0 Å². The van der Waals surface area contributed by atoms with Crippen LogP contribution in [0.2, 0.25) is 5.02 Å². The Balaban J connectivity index is 1.39. The number of thiazole rings is 1. The molecule has 0 aliphatic rings. The van der Waals surface area contributed by atoms with Gasteiger partial charge in [-0.25, -0.2) is 4.98 Å². The first-order valence-corrected chi connectivity index (χ1v) is 12.0. The molecule has 0 unspecified atom stereocenters. The van der Waals surface area contributed by atoms with Gasteiger partial charge in [-0.15, -0.1) is 11.3 Å². The Labute approximate surface area is 206 Å². The molecule has 172 valence electrons. The van der Waals surface area contributed by atoms with Gasteiger partial charge in [0.25, 0.3) is 5.91 Å². The predicted octanol–water partition coefficient (Wildman–Crippen LogP) is 6.20. The molecule has 8 heteroatoms. The Morgan fingerprint density at radius 1 is 1.15 bits per heavy atom. The van der Waals surface area contributed by atoms with E-state index in [-0.39, 0.29) is 5.91 Å². The molecular formula is C26H22ClN3O3S. The molecule has 0 radical (unpaired) electrons. The second kappa shape index (κ2) is 9.75. The van der Waals surface area contributed by atoms with Crippen molar-refractivity contribution < 1.29 is 13.9 Å². The van der Waals surface area contributed by atoms with E-state index in [4.69, 9.17) is 25.7 Å². The van der Waals surface area contributed by atoms with Gasteiger partial charge in [-0.3, -0.25) is 9.20 Å². The smallest absolute Gasteiger partial charge is 0.258 e. The van der Waals surface area contributed by atoms with Gasteiger partial charge < -0.3 is 14.1 Å². The fraction of sp³-hybridized carbons (Fsp3) is 0.154. The third kappa shape index (κ3) is 4.58. The summed E-state index contributed by atoms with van der Waals surface area (Å²) in [5.41, 5.74) is 3.52. The van der Waals surface area contributed by atoms with E-state index in [1.54, 1.807) is 41.7 Å². The molecule has 3 aromatic heterocycles. The molecule has 34 heavy (non-hydrogen) atoms. The Morgan fingerprint density at radius 2 is 1.97 bits per heavy atom. The van der Waals surface area contributed by atoms with Crippen LogP contribution in [-0.2, 0) is 13.0 Å². The fourth-order valence-corrected chi connectivity index (χ4v) is 4.89. The molecule has 2 aromatic carbocycles. The van der Waals surface area contributed by atoms with Crippen molar-refractivity contribution in [2.45, 2.75) is 13.0 Å². The molecule has 5 rings (SSSR count). The van der Waals surface area contributed by atoms with E-state index in [2.05, 4.69) is 9.78 Å². The minimum atomic E-state index is -0.104. The fourth-order valence-electron chi connectivity index (χ4n) is 3.85. The van der Waals surface area contributed by atoms with Crippen molar-refractivity contribution in [3.05, 3.63) is 101 Å². The number of halogens is 1. The standard InChI is InChI=1S/C26H22ClN3O3S/c1-32-24-7-3-2-6-22(24)25(31)29(15-21-5-4-14-33-21)13-12-20-17-34-26-28-23(16-30(20)26)18-8-10-19(27)11-9-18/h2-11,14,16-17H,12-13,15H2,1H3. The molecule has 5 aromatic rings. The van der Waals surface area contributed by atoms with Crippen LogP contribution in [-0.4, -0.2) is 33.8 Å². The first kappa shape index (κ1) is 22.3. The van der Waals surface area contributed by atoms with Crippen LogP contribution in [0.3, 0.4) is 0 Å². The summed E-state index contributed by atoms with van der Waals surface area (Å²) in [7, 11) is 1.57. The number of fused-ring (bicyclic) bond motifs is 1. The van der Waals surface area contributed by atoms with Gasteiger partial charge in [-0.1, -0.05) is 35.9 Å². The van der Waals surface area contributed by atoms with E-state index >= 15 is 0 Å². The number of carbonyl (C=O) groups excluding carboxylic acids is 1. The Bertz CT molecular complexity index is 1410. The molecule has 0 bridgehead atoms. The molecular weight excluding hydrogens is 470 g/mol. The molecule has 3 heterocycles. The highest BCUT2D eigenvalue weighted by molar-refractivity contribution is 7.15. The number of hydrogen-bond acceptors (Lipinski definition) is 5. The highest BCUT2D eigenvalue weighted by Gasteiger charge is 2.21. The predicted molar refractivity (Wildman–Crippen MR) is 134 cm³/mol. The lowest BCUT2D eigenvalue weighted by atomic mass is 10.1. The molecule has 1 amide bonds. The second-order valence-corrected chi connectivity index (χ2v) is 9.04. The van der Waals surface area contributed by atoms with Crippen LogP contribution in [0, 0.1) is 0 Å². The van der Waals surface area contributed by atoms with E-state index in [9.17, 15) is 4.79 Å². The number of imidazole rings is 1.